The molecule has 0 bridgehead atoms. The first kappa shape index (κ1) is 17.7. The molecule has 3 aromatic rings. The van der Waals surface area contributed by atoms with E-state index in [0.29, 0.717) is 5.92 Å². The van der Waals surface area contributed by atoms with Gasteiger partial charge in [0.05, 0.1) is 5.69 Å². The third kappa shape index (κ3) is 3.71. The smallest absolute Gasteiger partial charge is 0.191 e. The quantitative estimate of drug-likeness (QED) is 0.513. The summed E-state index contributed by atoms with van der Waals surface area (Å²) in [6.07, 6.45) is 5.16. The van der Waals surface area contributed by atoms with Crippen molar-refractivity contribution in [3.63, 3.8) is 0 Å². The molecule has 136 valence electrons. The molecule has 1 saturated carbocycles. The highest BCUT2D eigenvalue weighted by Gasteiger charge is 2.24. The first-order valence-electron chi connectivity index (χ1n) is 9.32. The molecule has 1 aliphatic rings. The number of benzene rings is 1. The van der Waals surface area contributed by atoms with Crippen molar-refractivity contribution >= 4 is 23.1 Å². The zero-order chi connectivity index (χ0) is 17.9. The van der Waals surface area contributed by atoms with Gasteiger partial charge in [-0.05, 0) is 32.8 Å². The molecule has 6 heteroatoms. The summed E-state index contributed by atoms with van der Waals surface area (Å²) in [5, 5.41) is 13.3. The number of rotatable bonds is 6. The van der Waals surface area contributed by atoms with Crippen molar-refractivity contribution in [1.82, 2.24) is 19.7 Å². The second-order valence-corrected chi connectivity index (χ2v) is 8.67. The third-order valence-electron chi connectivity index (χ3n) is 4.95. The summed E-state index contributed by atoms with van der Waals surface area (Å²) in [4.78, 5) is 4.82. The Morgan fingerprint density at radius 3 is 2.85 bits per heavy atom. The Morgan fingerprint density at radius 1 is 1.23 bits per heavy atom. The lowest BCUT2D eigenvalue weighted by Gasteiger charge is -2.11. The minimum absolute atomic E-state index is 0.601. The fourth-order valence-electron chi connectivity index (χ4n) is 3.61. The SMILES string of the molecule is CCn1c(SCc2csc(-c3cccc(C)c3)n2)nnc1C1CCCC1. The minimum Gasteiger partial charge on any atom is -0.306 e. The van der Waals surface area contributed by atoms with E-state index >= 15 is 0 Å². The number of nitrogens with zero attached hydrogens (tertiary/aromatic N) is 4. The van der Waals surface area contributed by atoms with Gasteiger partial charge in [0.15, 0.2) is 5.16 Å². The van der Waals surface area contributed by atoms with Gasteiger partial charge in [0, 0.05) is 29.2 Å². The number of aryl methyl sites for hydroxylation is 1. The van der Waals surface area contributed by atoms with E-state index < -0.39 is 0 Å². The summed E-state index contributed by atoms with van der Waals surface area (Å²) in [6.45, 7) is 5.24. The third-order valence-corrected chi connectivity index (χ3v) is 6.89. The lowest BCUT2D eigenvalue weighted by Crippen LogP contribution is -2.06. The summed E-state index contributed by atoms with van der Waals surface area (Å²) < 4.78 is 2.30. The largest absolute Gasteiger partial charge is 0.306 e. The van der Waals surface area contributed by atoms with Crippen LogP contribution in [0.3, 0.4) is 0 Å². The summed E-state index contributed by atoms with van der Waals surface area (Å²) in [5.74, 6) is 2.63. The van der Waals surface area contributed by atoms with Gasteiger partial charge in [0.25, 0.3) is 0 Å². The lowest BCUT2D eigenvalue weighted by atomic mass is 10.1. The first-order chi connectivity index (χ1) is 12.7. The van der Waals surface area contributed by atoms with Crippen LogP contribution in [0.25, 0.3) is 10.6 Å². The molecule has 0 radical (unpaired) electrons. The molecular formula is C20H24N4S2. The topological polar surface area (TPSA) is 43.6 Å². The van der Waals surface area contributed by atoms with E-state index in [-0.39, 0.29) is 0 Å². The average Bonchev–Trinajstić information content (AvgIpc) is 3.39. The van der Waals surface area contributed by atoms with Crippen LogP contribution in [-0.2, 0) is 12.3 Å². The Kier molecular flexibility index (Phi) is 5.41. The fourth-order valence-corrected chi connectivity index (χ4v) is 5.44. The van der Waals surface area contributed by atoms with Crippen LogP contribution in [-0.4, -0.2) is 19.7 Å². The Bertz CT molecular complexity index is 878. The van der Waals surface area contributed by atoms with Crippen molar-refractivity contribution in [2.75, 3.05) is 0 Å². The summed E-state index contributed by atoms with van der Waals surface area (Å²) >= 11 is 3.46. The Hall–Kier alpha value is -1.66. The summed E-state index contributed by atoms with van der Waals surface area (Å²) in [5.41, 5.74) is 3.58. The molecule has 4 rings (SSSR count). The van der Waals surface area contributed by atoms with Crippen molar-refractivity contribution in [2.45, 2.75) is 62.9 Å². The van der Waals surface area contributed by atoms with Gasteiger partial charge in [-0.1, -0.05) is 48.4 Å². The van der Waals surface area contributed by atoms with Gasteiger partial charge in [-0.2, -0.15) is 0 Å². The molecule has 0 atom stereocenters. The summed E-state index contributed by atoms with van der Waals surface area (Å²) in [6, 6.07) is 8.53. The van der Waals surface area contributed by atoms with E-state index in [1.807, 2.05) is 0 Å². The average molecular weight is 385 g/mol. The second kappa shape index (κ2) is 7.92. The van der Waals surface area contributed by atoms with Crippen LogP contribution in [0.1, 0.15) is 55.6 Å². The molecule has 0 N–H and O–H groups in total. The standard InChI is InChI=1S/C20H24N4S2/c1-3-24-18(15-8-4-5-9-15)22-23-20(24)26-13-17-12-25-19(21-17)16-10-6-7-14(2)11-16/h6-7,10-12,15H,3-5,8-9,13H2,1-2H3. The van der Waals surface area contributed by atoms with Crippen LogP contribution in [0.2, 0.25) is 0 Å². The highest BCUT2D eigenvalue weighted by molar-refractivity contribution is 7.98. The predicted molar refractivity (Wildman–Crippen MR) is 109 cm³/mol. The van der Waals surface area contributed by atoms with Crippen LogP contribution in [0, 0.1) is 6.92 Å². The van der Waals surface area contributed by atoms with E-state index in [9.17, 15) is 0 Å². The first-order valence-corrected chi connectivity index (χ1v) is 11.2. The molecule has 26 heavy (non-hydrogen) atoms. The maximum atomic E-state index is 4.82. The lowest BCUT2D eigenvalue weighted by molar-refractivity contribution is 0.576. The number of aromatic nitrogens is 4. The Balaban J connectivity index is 1.46. The van der Waals surface area contributed by atoms with Crippen LogP contribution in [0.5, 0.6) is 0 Å². The zero-order valence-corrected chi connectivity index (χ0v) is 16.9. The van der Waals surface area contributed by atoms with Gasteiger partial charge < -0.3 is 4.57 Å². The monoisotopic (exact) mass is 384 g/mol. The molecule has 1 fully saturated rings. The number of hydrogen-bond acceptors (Lipinski definition) is 5. The van der Waals surface area contributed by atoms with Gasteiger partial charge in [-0.25, -0.2) is 4.98 Å². The van der Waals surface area contributed by atoms with E-state index in [4.69, 9.17) is 4.98 Å². The molecule has 0 spiro atoms. The van der Waals surface area contributed by atoms with Gasteiger partial charge in [0.1, 0.15) is 10.8 Å². The van der Waals surface area contributed by atoms with Crippen LogP contribution >= 0.6 is 23.1 Å². The maximum absolute atomic E-state index is 4.82. The molecule has 0 saturated heterocycles. The van der Waals surface area contributed by atoms with Crippen LogP contribution in [0.4, 0.5) is 0 Å². The molecule has 4 nitrogen and oxygen atoms in total. The van der Waals surface area contributed by atoms with E-state index in [1.165, 1.54) is 42.6 Å². The fraction of sp³-hybridized carbons (Fsp3) is 0.450. The van der Waals surface area contributed by atoms with Crippen molar-refractivity contribution in [3.05, 3.63) is 46.7 Å². The molecule has 2 aromatic heterocycles. The zero-order valence-electron chi connectivity index (χ0n) is 15.3. The molecule has 0 aliphatic heterocycles. The second-order valence-electron chi connectivity index (χ2n) is 6.87. The Labute approximate surface area is 163 Å². The van der Waals surface area contributed by atoms with Crippen molar-refractivity contribution in [3.8, 4) is 10.6 Å². The van der Waals surface area contributed by atoms with Gasteiger partial charge in [-0.15, -0.1) is 21.5 Å². The molecular weight excluding hydrogens is 360 g/mol. The van der Waals surface area contributed by atoms with Gasteiger partial charge in [-0.3, -0.25) is 0 Å². The van der Waals surface area contributed by atoms with E-state index in [2.05, 4.69) is 58.3 Å². The Morgan fingerprint density at radius 2 is 2.08 bits per heavy atom. The molecule has 1 aromatic carbocycles. The maximum Gasteiger partial charge on any atom is 0.191 e. The van der Waals surface area contributed by atoms with Gasteiger partial charge >= 0.3 is 0 Å². The molecule has 0 amide bonds. The van der Waals surface area contributed by atoms with Gasteiger partial charge in [0.2, 0.25) is 0 Å². The highest BCUT2D eigenvalue weighted by atomic mass is 32.2. The minimum atomic E-state index is 0.601. The number of thioether (sulfide) groups is 1. The van der Waals surface area contributed by atoms with E-state index in [1.54, 1.807) is 23.1 Å². The van der Waals surface area contributed by atoms with Crippen LogP contribution < -0.4 is 0 Å². The van der Waals surface area contributed by atoms with Crippen LogP contribution in [0.15, 0.2) is 34.8 Å². The van der Waals surface area contributed by atoms with Crippen molar-refractivity contribution < 1.29 is 0 Å². The summed E-state index contributed by atoms with van der Waals surface area (Å²) in [7, 11) is 0. The number of hydrogen-bond donors (Lipinski definition) is 0. The van der Waals surface area contributed by atoms with Crippen molar-refractivity contribution in [2.24, 2.45) is 0 Å². The van der Waals surface area contributed by atoms with Crippen molar-refractivity contribution in [1.29, 1.82) is 0 Å². The predicted octanol–water partition coefficient (Wildman–Crippen LogP) is 5.68. The number of thiazole rings is 1. The molecule has 1 aliphatic carbocycles. The van der Waals surface area contributed by atoms with E-state index in [0.717, 1.165) is 28.2 Å². The normalized spacial score (nSPS) is 15.0. The molecule has 2 heterocycles. The molecule has 0 unspecified atom stereocenters. The highest BCUT2D eigenvalue weighted by Crippen LogP contribution is 2.35.